The van der Waals surface area contributed by atoms with Crippen LogP contribution in [0.1, 0.15) is 48.0 Å². The van der Waals surface area contributed by atoms with Gasteiger partial charge in [0.05, 0.1) is 17.6 Å². The maximum atomic E-state index is 4.77. The number of aryl methyl sites for hydroxylation is 2. The molecule has 1 spiro atoms. The highest BCUT2D eigenvalue weighted by Gasteiger charge is 2.45. The number of aromatic amines is 2. The molecule has 3 aromatic rings. The van der Waals surface area contributed by atoms with Crippen LogP contribution < -0.4 is 0 Å². The van der Waals surface area contributed by atoms with Gasteiger partial charge in [0.15, 0.2) is 0 Å². The molecule has 2 aromatic heterocycles. The van der Waals surface area contributed by atoms with E-state index in [1.807, 2.05) is 6.33 Å². The lowest BCUT2D eigenvalue weighted by atomic mass is 9.78. The Balaban J connectivity index is 1.36. The highest BCUT2D eigenvalue weighted by Crippen LogP contribution is 2.42. The molecule has 0 atom stereocenters. The first kappa shape index (κ1) is 18.0. The van der Waals surface area contributed by atoms with Crippen molar-refractivity contribution >= 4 is 10.9 Å². The normalized spacial score (nSPS) is 20.1. The standard InChI is InChI=1S/C23H31N5/c1-4-28-10-7-20-22(25-15-24-20)23(28)8-11-27(12-9-23)14-21-17(3)18-13-16(2)5-6-19(18)26-21/h5-6,13,15,26H,4,7-12,14H2,1-3H3,(H,24,25). The Morgan fingerprint density at radius 1 is 1.14 bits per heavy atom. The molecular weight excluding hydrogens is 346 g/mol. The van der Waals surface area contributed by atoms with E-state index in [-0.39, 0.29) is 5.54 Å². The highest BCUT2D eigenvalue weighted by atomic mass is 15.3. The summed E-state index contributed by atoms with van der Waals surface area (Å²) in [6.07, 6.45) is 5.32. The summed E-state index contributed by atoms with van der Waals surface area (Å²) in [6.45, 7) is 12.2. The van der Waals surface area contributed by atoms with Crippen LogP contribution >= 0.6 is 0 Å². The van der Waals surface area contributed by atoms with Crippen molar-refractivity contribution in [2.45, 2.75) is 52.1 Å². The Morgan fingerprint density at radius 2 is 1.96 bits per heavy atom. The molecule has 0 bridgehead atoms. The van der Waals surface area contributed by atoms with Gasteiger partial charge < -0.3 is 9.97 Å². The molecule has 0 unspecified atom stereocenters. The quantitative estimate of drug-likeness (QED) is 0.728. The van der Waals surface area contributed by atoms with Crippen LogP contribution in [0.3, 0.4) is 0 Å². The van der Waals surface area contributed by atoms with Gasteiger partial charge in [-0.15, -0.1) is 0 Å². The Hall–Kier alpha value is -2.11. The van der Waals surface area contributed by atoms with Gasteiger partial charge in [-0.3, -0.25) is 9.80 Å². The summed E-state index contributed by atoms with van der Waals surface area (Å²) in [4.78, 5) is 17.1. The van der Waals surface area contributed by atoms with Crippen molar-refractivity contribution in [2.75, 3.05) is 26.2 Å². The van der Waals surface area contributed by atoms with E-state index in [9.17, 15) is 0 Å². The Kier molecular flexibility index (Phi) is 4.33. The summed E-state index contributed by atoms with van der Waals surface area (Å²) in [5.74, 6) is 0. The van der Waals surface area contributed by atoms with Gasteiger partial charge in [-0.1, -0.05) is 18.6 Å². The number of fused-ring (bicyclic) bond motifs is 3. The van der Waals surface area contributed by atoms with Crippen LogP contribution in [0.2, 0.25) is 0 Å². The minimum absolute atomic E-state index is 0.130. The first-order valence-corrected chi connectivity index (χ1v) is 10.7. The van der Waals surface area contributed by atoms with Crippen LogP contribution in [0.15, 0.2) is 24.5 Å². The van der Waals surface area contributed by atoms with Crippen LogP contribution in [-0.4, -0.2) is 50.9 Å². The Bertz CT molecular complexity index is 990. The maximum Gasteiger partial charge on any atom is 0.0926 e. The number of piperidine rings is 1. The average Bonchev–Trinajstić information content (AvgIpc) is 3.30. The molecule has 2 aliphatic rings. The molecule has 5 heteroatoms. The minimum atomic E-state index is 0.130. The number of likely N-dealkylation sites (tertiary alicyclic amines) is 1. The van der Waals surface area contributed by atoms with Gasteiger partial charge in [0.2, 0.25) is 0 Å². The highest BCUT2D eigenvalue weighted by molar-refractivity contribution is 5.85. The zero-order valence-electron chi connectivity index (χ0n) is 17.3. The largest absolute Gasteiger partial charge is 0.357 e. The van der Waals surface area contributed by atoms with E-state index in [2.05, 4.69) is 58.7 Å². The fourth-order valence-corrected chi connectivity index (χ4v) is 5.50. The molecule has 28 heavy (non-hydrogen) atoms. The lowest BCUT2D eigenvalue weighted by molar-refractivity contribution is 0.00681. The summed E-state index contributed by atoms with van der Waals surface area (Å²) in [5, 5.41) is 1.37. The molecule has 1 fully saturated rings. The molecule has 0 radical (unpaired) electrons. The third kappa shape index (κ3) is 2.72. The van der Waals surface area contributed by atoms with Crippen molar-refractivity contribution < 1.29 is 0 Å². The third-order valence-corrected chi connectivity index (χ3v) is 7.16. The number of likely N-dealkylation sites (N-methyl/N-ethyl adjacent to an activating group) is 1. The second kappa shape index (κ2) is 6.75. The van der Waals surface area contributed by atoms with Gasteiger partial charge in [-0.05, 0) is 50.9 Å². The molecule has 2 N–H and O–H groups in total. The summed E-state index contributed by atoms with van der Waals surface area (Å²) in [6, 6.07) is 6.71. The molecule has 0 saturated carbocycles. The number of nitrogens with one attached hydrogen (secondary N) is 2. The number of hydrogen-bond donors (Lipinski definition) is 2. The lowest BCUT2D eigenvalue weighted by Crippen LogP contribution is -2.56. The summed E-state index contributed by atoms with van der Waals surface area (Å²) in [7, 11) is 0. The zero-order valence-corrected chi connectivity index (χ0v) is 17.3. The van der Waals surface area contributed by atoms with Crippen molar-refractivity contribution in [3.05, 3.63) is 52.7 Å². The molecular formula is C23H31N5. The predicted octanol–water partition coefficient (Wildman–Crippen LogP) is 3.88. The molecule has 148 valence electrons. The summed E-state index contributed by atoms with van der Waals surface area (Å²) >= 11 is 0. The SMILES string of the molecule is CCN1CCc2[nH]cnc2C12CCN(Cc1[nH]c3ccc(C)cc3c1C)CC2. The maximum absolute atomic E-state index is 4.77. The van der Waals surface area contributed by atoms with E-state index in [4.69, 9.17) is 4.98 Å². The Labute approximate surface area is 167 Å². The zero-order chi connectivity index (χ0) is 19.3. The van der Waals surface area contributed by atoms with E-state index < -0.39 is 0 Å². The van der Waals surface area contributed by atoms with Gasteiger partial charge in [-0.25, -0.2) is 4.98 Å². The van der Waals surface area contributed by atoms with Gasteiger partial charge in [0, 0.05) is 54.9 Å². The van der Waals surface area contributed by atoms with Crippen molar-refractivity contribution in [1.29, 1.82) is 0 Å². The average molecular weight is 378 g/mol. The van der Waals surface area contributed by atoms with Crippen LogP contribution in [0.5, 0.6) is 0 Å². The number of rotatable bonds is 3. The van der Waals surface area contributed by atoms with Crippen molar-refractivity contribution in [3.63, 3.8) is 0 Å². The fourth-order valence-electron chi connectivity index (χ4n) is 5.50. The molecule has 0 aliphatic carbocycles. The van der Waals surface area contributed by atoms with E-state index in [0.29, 0.717) is 0 Å². The van der Waals surface area contributed by atoms with E-state index in [1.54, 1.807) is 0 Å². The van der Waals surface area contributed by atoms with Crippen molar-refractivity contribution in [3.8, 4) is 0 Å². The van der Waals surface area contributed by atoms with Gasteiger partial charge in [-0.2, -0.15) is 0 Å². The van der Waals surface area contributed by atoms with E-state index in [1.165, 1.54) is 39.1 Å². The van der Waals surface area contributed by atoms with Crippen LogP contribution in [0, 0.1) is 13.8 Å². The van der Waals surface area contributed by atoms with Crippen molar-refractivity contribution in [1.82, 2.24) is 24.8 Å². The van der Waals surface area contributed by atoms with Crippen LogP contribution in [-0.2, 0) is 18.5 Å². The second-order valence-corrected chi connectivity index (χ2v) is 8.64. The Morgan fingerprint density at radius 3 is 2.75 bits per heavy atom. The fraction of sp³-hybridized carbons (Fsp3) is 0.522. The molecule has 2 aliphatic heterocycles. The topological polar surface area (TPSA) is 51.0 Å². The number of imidazole rings is 1. The van der Waals surface area contributed by atoms with E-state index >= 15 is 0 Å². The third-order valence-electron chi connectivity index (χ3n) is 7.16. The van der Waals surface area contributed by atoms with Crippen molar-refractivity contribution in [2.24, 2.45) is 0 Å². The molecule has 5 nitrogen and oxygen atoms in total. The smallest absolute Gasteiger partial charge is 0.0926 e. The summed E-state index contributed by atoms with van der Waals surface area (Å²) < 4.78 is 0. The monoisotopic (exact) mass is 377 g/mol. The molecule has 4 heterocycles. The number of nitrogens with zero attached hydrogens (tertiary/aromatic N) is 3. The first-order chi connectivity index (χ1) is 13.6. The van der Waals surface area contributed by atoms with Gasteiger partial charge in [0.1, 0.15) is 0 Å². The van der Waals surface area contributed by atoms with Crippen LogP contribution in [0.4, 0.5) is 0 Å². The van der Waals surface area contributed by atoms with Crippen LogP contribution in [0.25, 0.3) is 10.9 Å². The minimum Gasteiger partial charge on any atom is -0.357 e. The number of benzene rings is 1. The summed E-state index contributed by atoms with van der Waals surface area (Å²) in [5.41, 5.74) is 8.17. The number of aromatic nitrogens is 3. The predicted molar refractivity (Wildman–Crippen MR) is 114 cm³/mol. The van der Waals surface area contributed by atoms with Gasteiger partial charge >= 0.3 is 0 Å². The number of hydrogen-bond acceptors (Lipinski definition) is 3. The van der Waals surface area contributed by atoms with Gasteiger partial charge in [0.25, 0.3) is 0 Å². The molecule has 1 aromatic carbocycles. The molecule has 1 saturated heterocycles. The molecule has 5 rings (SSSR count). The first-order valence-electron chi connectivity index (χ1n) is 10.7. The number of H-pyrrole nitrogens is 2. The van der Waals surface area contributed by atoms with E-state index in [0.717, 1.165) is 52.0 Å². The lowest BCUT2D eigenvalue weighted by Gasteiger charge is -2.50. The second-order valence-electron chi connectivity index (χ2n) is 8.64. The molecule has 0 amide bonds.